The molecule has 0 aliphatic carbocycles. The zero-order chi connectivity index (χ0) is 13.3. The molecule has 0 saturated heterocycles. The summed E-state index contributed by atoms with van der Waals surface area (Å²) in [5.41, 5.74) is 11.7. The minimum Gasteiger partial charge on any atom is -0.392 e. The van der Waals surface area contributed by atoms with E-state index in [1.807, 2.05) is 0 Å². The summed E-state index contributed by atoms with van der Waals surface area (Å²) in [5.74, 6) is -0.526. The molecule has 0 saturated carbocycles. The lowest BCUT2D eigenvalue weighted by Crippen LogP contribution is -2.22. The van der Waals surface area contributed by atoms with Gasteiger partial charge in [-0.05, 0) is 11.6 Å². The highest BCUT2D eigenvalue weighted by Gasteiger charge is 2.17. The van der Waals surface area contributed by atoms with E-state index < -0.39 is 11.9 Å². The number of aromatic nitrogens is 1. The summed E-state index contributed by atoms with van der Waals surface area (Å²) in [6.45, 7) is -0.126. The maximum Gasteiger partial charge on any atom is 0.317 e. The molecule has 0 atom stereocenters. The Hall–Kier alpha value is -2.54. The van der Waals surface area contributed by atoms with Gasteiger partial charge in [0.2, 0.25) is 0 Å². The number of aliphatic hydroxyl groups excluding tert-OH is 1. The largest absolute Gasteiger partial charge is 0.392 e. The minimum atomic E-state index is -0.800. The molecule has 7 heteroatoms. The lowest BCUT2D eigenvalue weighted by atomic mass is 10.1. The van der Waals surface area contributed by atoms with Gasteiger partial charge in [0.15, 0.2) is 0 Å². The van der Waals surface area contributed by atoms with Gasteiger partial charge in [-0.3, -0.25) is 10.1 Å². The average Bonchev–Trinajstić information content (AvgIpc) is 2.64. The first-order valence-electron chi connectivity index (χ1n) is 5.14. The van der Waals surface area contributed by atoms with Gasteiger partial charge in [-0.25, -0.2) is 4.79 Å². The number of carbonyl (C=O) groups excluding carboxylic acids is 2. The van der Waals surface area contributed by atoms with Gasteiger partial charge in [-0.1, -0.05) is 12.1 Å². The molecule has 7 nitrogen and oxygen atoms in total. The van der Waals surface area contributed by atoms with Crippen LogP contribution in [0.2, 0.25) is 0 Å². The number of carbonyl (C=O) groups is 2. The van der Waals surface area contributed by atoms with E-state index in [9.17, 15) is 9.59 Å². The molecule has 7 N–H and O–H groups in total. The SMILES string of the molecule is NC(=O)Nc1[nH]c2cc(CO)ccc2c1C(N)=O. The quantitative estimate of drug-likeness (QED) is 0.532. The van der Waals surface area contributed by atoms with Crippen LogP contribution >= 0.6 is 0 Å². The number of hydrogen-bond acceptors (Lipinski definition) is 3. The van der Waals surface area contributed by atoms with Crippen LogP contribution in [0.15, 0.2) is 18.2 Å². The predicted octanol–water partition coefficient (Wildman–Crippen LogP) is 0.250. The number of primary amides is 2. The van der Waals surface area contributed by atoms with Gasteiger partial charge in [0, 0.05) is 10.9 Å². The standard InChI is InChI=1S/C11H12N4O3/c12-9(17)8-6-2-1-5(4-16)3-7(6)14-10(8)15-11(13)18/h1-3,14,16H,4H2,(H2,12,17)(H3,13,15,18). The highest BCUT2D eigenvalue weighted by atomic mass is 16.3. The average molecular weight is 248 g/mol. The minimum absolute atomic E-state index is 0.126. The number of aromatic amines is 1. The Balaban J connectivity index is 2.66. The fourth-order valence-electron chi connectivity index (χ4n) is 1.82. The molecular weight excluding hydrogens is 236 g/mol. The molecule has 2 rings (SSSR count). The summed E-state index contributed by atoms with van der Waals surface area (Å²) in [6.07, 6.45) is 0. The molecule has 0 radical (unpaired) electrons. The van der Waals surface area contributed by atoms with Gasteiger partial charge in [0.25, 0.3) is 5.91 Å². The topological polar surface area (TPSA) is 134 Å². The van der Waals surface area contributed by atoms with Crippen molar-refractivity contribution in [3.63, 3.8) is 0 Å². The van der Waals surface area contributed by atoms with E-state index in [0.29, 0.717) is 16.5 Å². The summed E-state index contributed by atoms with van der Waals surface area (Å²) in [6, 6.07) is 4.17. The number of nitrogens with one attached hydrogen (secondary N) is 2. The van der Waals surface area contributed by atoms with Crippen LogP contribution in [0.3, 0.4) is 0 Å². The third-order valence-electron chi connectivity index (χ3n) is 2.54. The van der Waals surface area contributed by atoms with Crippen molar-refractivity contribution in [3.8, 4) is 0 Å². The van der Waals surface area contributed by atoms with Crippen molar-refractivity contribution in [1.29, 1.82) is 0 Å². The van der Waals surface area contributed by atoms with Crippen molar-refractivity contribution >= 4 is 28.7 Å². The normalized spacial score (nSPS) is 10.5. The lowest BCUT2D eigenvalue weighted by Gasteiger charge is -2.00. The van der Waals surface area contributed by atoms with Gasteiger partial charge < -0.3 is 21.6 Å². The first kappa shape index (κ1) is 11.9. The lowest BCUT2D eigenvalue weighted by molar-refractivity contribution is 0.100. The second kappa shape index (κ2) is 4.38. The van der Waals surface area contributed by atoms with Crippen LogP contribution in [0.25, 0.3) is 10.9 Å². The molecular formula is C11H12N4O3. The van der Waals surface area contributed by atoms with Gasteiger partial charge in [-0.2, -0.15) is 0 Å². The number of H-pyrrole nitrogens is 1. The molecule has 0 unspecified atom stereocenters. The van der Waals surface area contributed by atoms with Crippen LogP contribution < -0.4 is 16.8 Å². The number of benzene rings is 1. The van der Waals surface area contributed by atoms with E-state index in [1.54, 1.807) is 18.2 Å². The highest BCUT2D eigenvalue weighted by Crippen LogP contribution is 2.26. The number of hydrogen-bond donors (Lipinski definition) is 5. The van der Waals surface area contributed by atoms with Crippen molar-refractivity contribution in [2.24, 2.45) is 11.5 Å². The molecule has 1 aromatic carbocycles. The van der Waals surface area contributed by atoms with E-state index in [-0.39, 0.29) is 18.0 Å². The fourth-order valence-corrected chi connectivity index (χ4v) is 1.82. The Morgan fingerprint density at radius 1 is 1.33 bits per heavy atom. The number of amides is 3. The van der Waals surface area contributed by atoms with E-state index in [1.165, 1.54) is 0 Å². The third kappa shape index (κ3) is 1.98. The number of fused-ring (bicyclic) bond motifs is 1. The number of rotatable bonds is 3. The molecule has 0 aliphatic rings. The van der Waals surface area contributed by atoms with E-state index in [0.717, 1.165) is 0 Å². The number of anilines is 1. The van der Waals surface area contributed by atoms with Crippen molar-refractivity contribution in [1.82, 2.24) is 4.98 Å². The first-order valence-corrected chi connectivity index (χ1v) is 5.14. The molecule has 1 heterocycles. The molecule has 3 amide bonds. The number of aliphatic hydroxyl groups is 1. The Morgan fingerprint density at radius 2 is 2.06 bits per heavy atom. The van der Waals surface area contributed by atoms with Gasteiger partial charge in [0.05, 0.1) is 12.2 Å². The van der Waals surface area contributed by atoms with Gasteiger partial charge >= 0.3 is 6.03 Å². The van der Waals surface area contributed by atoms with Crippen LogP contribution in [-0.4, -0.2) is 22.0 Å². The van der Waals surface area contributed by atoms with Crippen molar-refractivity contribution in [2.45, 2.75) is 6.61 Å². The zero-order valence-corrected chi connectivity index (χ0v) is 9.36. The molecule has 0 bridgehead atoms. The molecule has 0 fully saturated rings. The fraction of sp³-hybridized carbons (Fsp3) is 0.0909. The Morgan fingerprint density at radius 3 is 2.61 bits per heavy atom. The molecule has 1 aromatic heterocycles. The summed E-state index contributed by atoms with van der Waals surface area (Å²) in [5, 5.41) is 11.9. The molecule has 0 aliphatic heterocycles. The summed E-state index contributed by atoms with van der Waals surface area (Å²) >= 11 is 0. The van der Waals surface area contributed by atoms with E-state index in [4.69, 9.17) is 16.6 Å². The Labute approximate surface area is 102 Å². The van der Waals surface area contributed by atoms with Crippen molar-refractivity contribution < 1.29 is 14.7 Å². The molecule has 0 spiro atoms. The zero-order valence-electron chi connectivity index (χ0n) is 9.36. The van der Waals surface area contributed by atoms with Crippen molar-refractivity contribution in [3.05, 3.63) is 29.3 Å². The van der Waals surface area contributed by atoms with Crippen molar-refractivity contribution in [2.75, 3.05) is 5.32 Å². The summed E-state index contributed by atoms with van der Waals surface area (Å²) in [7, 11) is 0. The Bertz CT molecular complexity index is 632. The van der Waals surface area contributed by atoms with Crippen LogP contribution in [-0.2, 0) is 6.61 Å². The Kier molecular flexibility index (Phi) is 2.90. The maximum absolute atomic E-state index is 11.4. The van der Waals surface area contributed by atoms with Gasteiger partial charge in [-0.15, -0.1) is 0 Å². The smallest absolute Gasteiger partial charge is 0.317 e. The van der Waals surface area contributed by atoms with E-state index in [2.05, 4.69) is 10.3 Å². The summed E-state index contributed by atoms with van der Waals surface area (Å²) in [4.78, 5) is 25.1. The second-order valence-corrected chi connectivity index (χ2v) is 3.77. The second-order valence-electron chi connectivity index (χ2n) is 3.77. The first-order chi connectivity index (χ1) is 8.52. The van der Waals surface area contributed by atoms with E-state index >= 15 is 0 Å². The monoisotopic (exact) mass is 248 g/mol. The molecule has 2 aromatic rings. The molecule has 18 heavy (non-hydrogen) atoms. The predicted molar refractivity (Wildman–Crippen MR) is 65.9 cm³/mol. The van der Waals surface area contributed by atoms with Gasteiger partial charge in [0.1, 0.15) is 5.82 Å². The third-order valence-corrected chi connectivity index (χ3v) is 2.54. The highest BCUT2D eigenvalue weighted by molar-refractivity contribution is 6.12. The van der Waals surface area contributed by atoms with Crippen LogP contribution in [0, 0.1) is 0 Å². The molecule has 94 valence electrons. The maximum atomic E-state index is 11.4. The summed E-state index contributed by atoms with van der Waals surface area (Å²) < 4.78 is 0. The van der Waals surface area contributed by atoms with Crippen LogP contribution in [0.5, 0.6) is 0 Å². The van der Waals surface area contributed by atoms with Crippen LogP contribution in [0.1, 0.15) is 15.9 Å². The number of nitrogens with two attached hydrogens (primary N) is 2. The number of urea groups is 1. The van der Waals surface area contributed by atoms with Crippen LogP contribution in [0.4, 0.5) is 10.6 Å².